The van der Waals surface area contributed by atoms with Gasteiger partial charge in [-0.3, -0.25) is 5.32 Å². The first kappa shape index (κ1) is 19.0. The van der Waals surface area contributed by atoms with Gasteiger partial charge >= 0.3 is 17.7 Å². The van der Waals surface area contributed by atoms with E-state index in [0.29, 0.717) is 13.0 Å². The monoisotopic (exact) mass is 345 g/mol. The Bertz CT molecular complexity index is 549. The molecule has 0 amide bonds. The molecule has 0 bridgehead atoms. The van der Waals surface area contributed by atoms with Gasteiger partial charge < -0.3 is 29.9 Å². The van der Waals surface area contributed by atoms with E-state index in [-0.39, 0.29) is 5.75 Å². The van der Waals surface area contributed by atoms with Gasteiger partial charge in [0.25, 0.3) is 0 Å². The van der Waals surface area contributed by atoms with Crippen molar-refractivity contribution in [2.75, 3.05) is 13.7 Å². The van der Waals surface area contributed by atoms with Crippen LogP contribution in [0.15, 0.2) is 24.3 Å². The summed E-state index contributed by atoms with van der Waals surface area (Å²) in [6, 6.07) is 6.00. The van der Waals surface area contributed by atoms with Crippen molar-refractivity contribution < 1.29 is 39.7 Å². The lowest BCUT2D eigenvalue weighted by atomic mass is 10.1. The van der Waals surface area contributed by atoms with E-state index in [2.05, 4.69) is 15.1 Å². The predicted molar refractivity (Wildman–Crippen MR) is 80.2 cm³/mol. The molecule has 5 N–H and O–H groups in total. The van der Waals surface area contributed by atoms with Crippen molar-refractivity contribution in [2.24, 2.45) is 0 Å². The van der Waals surface area contributed by atoms with E-state index in [9.17, 15) is 20.4 Å². The first-order valence-electron chi connectivity index (χ1n) is 7.44. The lowest BCUT2D eigenvalue weighted by Crippen LogP contribution is -2.70. The highest BCUT2D eigenvalue weighted by molar-refractivity contribution is 5.28. The Morgan fingerprint density at radius 1 is 1.08 bits per heavy atom. The highest BCUT2D eigenvalue weighted by Gasteiger charge is 2.75. The van der Waals surface area contributed by atoms with E-state index in [0.717, 1.165) is 5.56 Å². The van der Waals surface area contributed by atoms with Crippen LogP contribution in [0.25, 0.3) is 0 Å². The van der Waals surface area contributed by atoms with Gasteiger partial charge in [-0.25, -0.2) is 0 Å². The van der Waals surface area contributed by atoms with Gasteiger partial charge in [-0.1, -0.05) is 12.1 Å². The van der Waals surface area contributed by atoms with E-state index in [1.54, 1.807) is 33.1 Å². The fourth-order valence-electron chi connectivity index (χ4n) is 2.16. The molecule has 0 spiro atoms. The van der Waals surface area contributed by atoms with Crippen molar-refractivity contribution in [3.8, 4) is 5.75 Å². The van der Waals surface area contributed by atoms with Crippen LogP contribution in [0.5, 0.6) is 5.75 Å². The first-order valence-corrected chi connectivity index (χ1v) is 7.44. The van der Waals surface area contributed by atoms with Crippen molar-refractivity contribution in [3.05, 3.63) is 29.8 Å². The van der Waals surface area contributed by atoms with E-state index < -0.39 is 23.7 Å². The van der Waals surface area contributed by atoms with Gasteiger partial charge in [-0.2, -0.15) is 4.89 Å². The Morgan fingerprint density at radius 3 is 2.25 bits per heavy atom. The van der Waals surface area contributed by atoms with E-state index in [1.165, 1.54) is 12.1 Å². The Morgan fingerprint density at radius 2 is 1.71 bits per heavy atom. The molecule has 1 aromatic rings. The molecule has 0 saturated carbocycles. The zero-order chi connectivity index (χ0) is 18.0. The zero-order valence-electron chi connectivity index (χ0n) is 13.7. The molecule has 1 aromatic carbocycles. The average molecular weight is 345 g/mol. The molecule has 2 atom stereocenters. The summed E-state index contributed by atoms with van der Waals surface area (Å²) < 4.78 is 10.1. The van der Waals surface area contributed by atoms with Crippen LogP contribution in [0.2, 0.25) is 0 Å². The number of rotatable bonds is 7. The minimum Gasteiger partial charge on any atom is -0.433 e. The molecule has 0 aromatic heterocycles. The molecule has 9 heteroatoms. The highest BCUT2D eigenvalue weighted by atomic mass is 17.3. The summed E-state index contributed by atoms with van der Waals surface area (Å²) in [5.41, 5.74) is 0.956. The standard InChI is InChI=1S/C15H23NO8/c1-10(2)16-14(19)13(17,18)15(20,24-23-14)22-12-6-4-11(5-7-12)8-9-21-3/h4-7,10,16-20H,8-9H2,1-3H3. The third kappa shape index (κ3) is 3.53. The number of hydrogen-bond donors (Lipinski definition) is 5. The third-order valence-electron chi connectivity index (χ3n) is 3.45. The van der Waals surface area contributed by atoms with Crippen molar-refractivity contribution in [1.29, 1.82) is 0 Å². The van der Waals surface area contributed by atoms with Crippen LogP contribution in [0.1, 0.15) is 19.4 Å². The highest BCUT2D eigenvalue weighted by Crippen LogP contribution is 2.40. The van der Waals surface area contributed by atoms with Crippen LogP contribution in [0, 0.1) is 0 Å². The number of hydrogen-bond acceptors (Lipinski definition) is 9. The van der Waals surface area contributed by atoms with Crippen molar-refractivity contribution in [1.82, 2.24) is 5.32 Å². The normalized spacial score (nSPS) is 29.2. The average Bonchev–Trinajstić information content (AvgIpc) is 2.67. The molecule has 24 heavy (non-hydrogen) atoms. The first-order chi connectivity index (χ1) is 11.1. The summed E-state index contributed by atoms with van der Waals surface area (Å²) in [7, 11) is 1.60. The lowest BCUT2D eigenvalue weighted by Gasteiger charge is -2.35. The fourth-order valence-corrected chi connectivity index (χ4v) is 2.16. The molecule has 0 aliphatic carbocycles. The molecule has 136 valence electrons. The van der Waals surface area contributed by atoms with Gasteiger partial charge in [0.1, 0.15) is 5.75 Å². The van der Waals surface area contributed by atoms with Crippen LogP contribution in [-0.2, 0) is 20.9 Å². The molecule has 9 nitrogen and oxygen atoms in total. The smallest absolute Gasteiger partial charge is 0.416 e. The second-order valence-electron chi connectivity index (χ2n) is 5.85. The maximum Gasteiger partial charge on any atom is 0.416 e. The van der Waals surface area contributed by atoms with Crippen LogP contribution in [0.3, 0.4) is 0 Å². The van der Waals surface area contributed by atoms with Gasteiger partial charge in [-0.05, 0) is 38.0 Å². The third-order valence-corrected chi connectivity index (χ3v) is 3.45. The summed E-state index contributed by atoms with van der Waals surface area (Å²) in [5, 5.41) is 42.9. The molecule has 1 heterocycles. The Labute approximate surface area is 139 Å². The van der Waals surface area contributed by atoms with Crippen LogP contribution in [0.4, 0.5) is 0 Å². The number of methoxy groups -OCH3 is 1. The molecule has 1 saturated heterocycles. The van der Waals surface area contributed by atoms with Crippen molar-refractivity contribution in [2.45, 2.75) is 44.0 Å². The van der Waals surface area contributed by atoms with Gasteiger partial charge in [0.05, 0.1) is 6.61 Å². The fraction of sp³-hybridized carbons (Fsp3) is 0.600. The zero-order valence-corrected chi connectivity index (χ0v) is 13.7. The summed E-state index contributed by atoms with van der Waals surface area (Å²) >= 11 is 0. The van der Waals surface area contributed by atoms with Crippen LogP contribution in [-0.4, -0.2) is 57.9 Å². The van der Waals surface area contributed by atoms with Crippen LogP contribution < -0.4 is 10.1 Å². The molecule has 1 aliphatic heterocycles. The summed E-state index contributed by atoms with van der Waals surface area (Å²) in [5.74, 6) is -9.06. The number of nitrogens with one attached hydrogen (secondary N) is 1. The maximum absolute atomic E-state index is 10.2. The molecule has 1 aliphatic rings. The van der Waals surface area contributed by atoms with Gasteiger partial charge in [0.15, 0.2) is 0 Å². The molecule has 0 radical (unpaired) electrons. The van der Waals surface area contributed by atoms with Crippen molar-refractivity contribution in [3.63, 3.8) is 0 Å². The topological polar surface area (TPSA) is 130 Å². The molecule has 2 unspecified atom stereocenters. The molecule has 2 rings (SSSR count). The Balaban J connectivity index is 2.13. The minimum absolute atomic E-state index is 0.0727. The quantitative estimate of drug-likeness (QED) is 0.318. The minimum atomic E-state index is -3.31. The van der Waals surface area contributed by atoms with Gasteiger partial charge in [0, 0.05) is 13.2 Å². The molecule has 1 fully saturated rings. The summed E-state index contributed by atoms with van der Waals surface area (Å²) in [4.78, 5) is 8.96. The number of benzene rings is 1. The Kier molecular flexibility index (Phi) is 5.47. The van der Waals surface area contributed by atoms with Gasteiger partial charge in [-0.15, -0.1) is 4.89 Å². The lowest BCUT2D eigenvalue weighted by molar-refractivity contribution is -0.473. The number of aliphatic hydroxyl groups is 4. The summed E-state index contributed by atoms with van der Waals surface area (Å²) in [6.45, 7) is 3.79. The predicted octanol–water partition coefficient (Wildman–Crippen LogP) is -0.813. The van der Waals surface area contributed by atoms with E-state index >= 15 is 0 Å². The largest absolute Gasteiger partial charge is 0.433 e. The van der Waals surface area contributed by atoms with E-state index in [4.69, 9.17) is 9.47 Å². The second kappa shape index (κ2) is 6.90. The summed E-state index contributed by atoms with van der Waals surface area (Å²) in [6.07, 6.45) is 0.683. The van der Waals surface area contributed by atoms with Gasteiger partial charge in [0.2, 0.25) is 0 Å². The molecular weight excluding hydrogens is 322 g/mol. The maximum atomic E-state index is 10.2. The Hall–Kier alpha value is -1.30. The SMILES string of the molecule is COCCc1ccc(OC2(O)OOC(O)(NC(C)C)C2(O)O)cc1. The second-order valence-corrected chi connectivity index (χ2v) is 5.85. The van der Waals surface area contributed by atoms with Crippen LogP contribution >= 0.6 is 0 Å². The van der Waals surface area contributed by atoms with E-state index in [1.807, 2.05) is 0 Å². The molecular formula is C15H23NO8. The number of ether oxygens (including phenoxy) is 2. The van der Waals surface area contributed by atoms with Crippen molar-refractivity contribution >= 4 is 0 Å².